The Hall–Kier alpha value is -1.67. The van der Waals surface area contributed by atoms with Crippen LogP contribution in [0.2, 0.25) is 0 Å². The number of rotatable bonds is 6. The van der Waals surface area contributed by atoms with Gasteiger partial charge in [-0.2, -0.15) is 0 Å². The second-order valence-corrected chi connectivity index (χ2v) is 6.12. The Morgan fingerprint density at radius 1 is 1.26 bits per heavy atom. The van der Waals surface area contributed by atoms with E-state index in [4.69, 9.17) is 17.0 Å². The summed E-state index contributed by atoms with van der Waals surface area (Å²) in [5, 5.41) is 2.53. The van der Waals surface area contributed by atoms with Gasteiger partial charge in [0.2, 0.25) is 5.91 Å². The van der Waals surface area contributed by atoms with Gasteiger partial charge in [-0.15, -0.1) is 0 Å². The zero-order chi connectivity index (χ0) is 17.2. The first-order chi connectivity index (χ1) is 10.9. The lowest BCUT2D eigenvalue weighted by Crippen LogP contribution is -2.49. The largest absolute Gasteiger partial charge is 0.484 e. The Morgan fingerprint density at radius 3 is 2.65 bits per heavy atom. The Bertz CT molecular complexity index is 581. The number of carbonyl (C=O) groups excluding carboxylic acids is 2. The fraction of sp³-hybridized carbons (Fsp3) is 0.400. The zero-order valence-electron chi connectivity index (χ0n) is 13.1. The molecule has 0 radical (unpaired) electrons. The minimum atomic E-state index is -0.407. The van der Waals surface area contributed by atoms with Crippen LogP contribution in [0.3, 0.4) is 0 Å². The van der Waals surface area contributed by atoms with Crippen LogP contribution < -0.4 is 20.9 Å². The van der Waals surface area contributed by atoms with Crippen molar-refractivity contribution in [3.63, 3.8) is 0 Å². The van der Waals surface area contributed by atoms with Crippen molar-refractivity contribution in [2.45, 2.75) is 33.1 Å². The Balaban J connectivity index is 2.27. The molecule has 0 saturated carbocycles. The van der Waals surface area contributed by atoms with E-state index in [1.54, 1.807) is 6.07 Å². The van der Waals surface area contributed by atoms with Crippen LogP contribution in [0.15, 0.2) is 22.7 Å². The number of nitrogens with one attached hydrogen (secondary N) is 3. The van der Waals surface area contributed by atoms with Crippen molar-refractivity contribution in [2.24, 2.45) is 0 Å². The standard InChI is InChI=1S/C15H20BrN3O3S/c1-3-4-5-13(20)17-15(23)19-18-14(21)9-22-11-6-7-12(16)10(2)8-11/h6-8H,3-5,9H2,1-2H3,(H,18,21)(H2,17,19,20,23). The van der Waals surface area contributed by atoms with Gasteiger partial charge in [0.15, 0.2) is 11.7 Å². The van der Waals surface area contributed by atoms with Crippen molar-refractivity contribution in [3.8, 4) is 5.75 Å². The highest BCUT2D eigenvalue weighted by molar-refractivity contribution is 9.10. The normalized spacial score (nSPS) is 9.87. The predicted molar refractivity (Wildman–Crippen MR) is 95.9 cm³/mol. The molecule has 0 saturated heterocycles. The van der Waals surface area contributed by atoms with Gasteiger partial charge in [0.25, 0.3) is 5.91 Å². The van der Waals surface area contributed by atoms with Crippen molar-refractivity contribution >= 4 is 45.1 Å². The van der Waals surface area contributed by atoms with Gasteiger partial charge >= 0.3 is 0 Å². The van der Waals surface area contributed by atoms with Crippen molar-refractivity contribution < 1.29 is 14.3 Å². The van der Waals surface area contributed by atoms with Gasteiger partial charge in [-0.3, -0.25) is 20.4 Å². The molecule has 3 N–H and O–H groups in total. The van der Waals surface area contributed by atoms with E-state index in [0.29, 0.717) is 12.2 Å². The van der Waals surface area contributed by atoms with Gasteiger partial charge in [0.05, 0.1) is 0 Å². The third-order valence-corrected chi connectivity index (χ3v) is 3.92. The van der Waals surface area contributed by atoms with Crippen LogP contribution in [0.4, 0.5) is 0 Å². The molecule has 2 amide bonds. The van der Waals surface area contributed by atoms with Gasteiger partial charge in [-0.1, -0.05) is 29.3 Å². The summed E-state index contributed by atoms with van der Waals surface area (Å²) in [4.78, 5) is 23.1. The lowest BCUT2D eigenvalue weighted by molar-refractivity contribution is -0.124. The lowest BCUT2D eigenvalue weighted by Gasteiger charge is -2.11. The van der Waals surface area contributed by atoms with Crippen molar-refractivity contribution in [1.29, 1.82) is 0 Å². The molecule has 0 fully saturated rings. The van der Waals surface area contributed by atoms with Crippen LogP contribution in [0.5, 0.6) is 5.75 Å². The molecule has 6 nitrogen and oxygen atoms in total. The number of unbranched alkanes of at least 4 members (excludes halogenated alkanes) is 1. The van der Waals surface area contributed by atoms with E-state index < -0.39 is 5.91 Å². The molecule has 0 heterocycles. The van der Waals surface area contributed by atoms with Crippen molar-refractivity contribution in [1.82, 2.24) is 16.2 Å². The first kappa shape index (κ1) is 19.4. The fourth-order valence-corrected chi connectivity index (χ4v) is 1.99. The maximum absolute atomic E-state index is 11.7. The third kappa shape index (κ3) is 7.94. The first-order valence-electron chi connectivity index (χ1n) is 7.20. The molecular formula is C15H20BrN3O3S. The maximum Gasteiger partial charge on any atom is 0.276 e. The number of hydrogen-bond acceptors (Lipinski definition) is 4. The molecule has 0 unspecified atom stereocenters. The molecule has 126 valence electrons. The number of ether oxygens (including phenoxy) is 1. The zero-order valence-corrected chi connectivity index (χ0v) is 15.5. The average molecular weight is 402 g/mol. The highest BCUT2D eigenvalue weighted by Gasteiger charge is 2.07. The number of benzene rings is 1. The molecule has 0 aliphatic rings. The van der Waals surface area contributed by atoms with E-state index in [9.17, 15) is 9.59 Å². The molecule has 0 aliphatic carbocycles. The number of thiocarbonyl (C=S) groups is 1. The highest BCUT2D eigenvalue weighted by atomic mass is 79.9. The predicted octanol–water partition coefficient (Wildman–Crippen LogP) is 2.35. The number of amides is 2. The van der Waals surface area contributed by atoms with E-state index in [-0.39, 0.29) is 17.6 Å². The number of hydrazine groups is 1. The molecule has 0 bridgehead atoms. The van der Waals surface area contributed by atoms with Crippen LogP contribution >= 0.6 is 28.1 Å². The van der Waals surface area contributed by atoms with E-state index in [0.717, 1.165) is 22.9 Å². The third-order valence-electron chi connectivity index (χ3n) is 2.83. The van der Waals surface area contributed by atoms with E-state index >= 15 is 0 Å². The van der Waals surface area contributed by atoms with E-state index in [1.165, 1.54) is 0 Å². The molecule has 0 spiro atoms. The Kier molecular flexibility index (Phi) is 8.57. The number of hydrogen-bond donors (Lipinski definition) is 3. The van der Waals surface area contributed by atoms with Gasteiger partial charge in [0.1, 0.15) is 5.75 Å². The fourth-order valence-electron chi connectivity index (χ4n) is 1.58. The van der Waals surface area contributed by atoms with Crippen LogP contribution in [0, 0.1) is 6.92 Å². The number of carbonyl (C=O) groups is 2. The highest BCUT2D eigenvalue weighted by Crippen LogP contribution is 2.21. The van der Waals surface area contributed by atoms with Gasteiger partial charge in [0, 0.05) is 10.9 Å². The van der Waals surface area contributed by atoms with Crippen molar-refractivity contribution in [2.75, 3.05) is 6.61 Å². The van der Waals surface area contributed by atoms with Crippen LogP contribution in [-0.4, -0.2) is 23.5 Å². The second-order valence-electron chi connectivity index (χ2n) is 4.85. The first-order valence-corrected chi connectivity index (χ1v) is 8.40. The summed E-state index contributed by atoms with van der Waals surface area (Å²) in [5.74, 6) is 0.00668. The summed E-state index contributed by atoms with van der Waals surface area (Å²) in [6.45, 7) is 3.76. The van der Waals surface area contributed by atoms with Crippen LogP contribution in [0.25, 0.3) is 0 Å². The second kappa shape index (κ2) is 10.2. The molecular weight excluding hydrogens is 382 g/mol. The minimum Gasteiger partial charge on any atom is -0.484 e. The lowest BCUT2D eigenvalue weighted by atomic mass is 10.2. The molecule has 1 aromatic rings. The quantitative estimate of drug-likeness (QED) is 0.503. The molecule has 1 rings (SSSR count). The Labute approximate surface area is 149 Å². The molecule has 1 aromatic carbocycles. The van der Waals surface area contributed by atoms with E-state index in [2.05, 4.69) is 32.1 Å². The van der Waals surface area contributed by atoms with Gasteiger partial charge in [-0.05, 0) is 49.3 Å². The minimum absolute atomic E-state index is 0.0546. The summed E-state index contributed by atoms with van der Waals surface area (Å²) < 4.78 is 6.34. The molecule has 0 aliphatic heterocycles. The summed E-state index contributed by atoms with van der Waals surface area (Å²) in [5.41, 5.74) is 5.83. The Morgan fingerprint density at radius 2 is 2.00 bits per heavy atom. The topological polar surface area (TPSA) is 79.5 Å². The number of aryl methyl sites for hydroxylation is 1. The summed E-state index contributed by atoms with van der Waals surface area (Å²) in [7, 11) is 0. The molecule has 0 atom stereocenters. The molecule has 23 heavy (non-hydrogen) atoms. The molecule has 8 heteroatoms. The molecule has 0 aromatic heterocycles. The number of halogens is 1. The van der Waals surface area contributed by atoms with Gasteiger partial charge in [-0.25, -0.2) is 0 Å². The van der Waals surface area contributed by atoms with E-state index in [1.807, 2.05) is 26.0 Å². The monoisotopic (exact) mass is 401 g/mol. The summed E-state index contributed by atoms with van der Waals surface area (Å²) in [6.07, 6.45) is 2.12. The SMILES string of the molecule is CCCCC(=O)NC(=S)NNC(=O)COc1ccc(Br)c(C)c1. The van der Waals surface area contributed by atoms with Crippen molar-refractivity contribution in [3.05, 3.63) is 28.2 Å². The smallest absolute Gasteiger partial charge is 0.276 e. The maximum atomic E-state index is 11.7. The van der Waals surface area contributed by atoms with Crippen LogP contribution in [0.1, 0.15) is 31.7 Å². The average Bonchev–Trinajstić information content (AvgIpc) is 2.52. The van der Waals surface area contributed by atoms with Gasteiger partial charge < -0.3 is 10.1 Å². The summed E-state index contributed by atoms with van der Waals surface area (Å²) >= 11 is 8.30. The summed E-state index contributed by atoms with van der Waals surface area (Å²) in [6, 6.07) is 5.43. The van der Waals surface area contributed by atoms with Crippen LogP contribution in [-0.2, 0) is 9.59 Å².